The number of benzene rings is 1. The fraction of sp³-hybridized carbons (Fsp3) is 0.400. The SMILES string of the molecule is Cc1c(CCCN)c2cccc(C(=O)O)c2n1CCN. The van der Waals surface area contributed by atoms with Crippen molar-refractivity contribution in [3.63, 3.8) is 0 Å². The highest BCUT2D eigenvalue weighted by molar-refractivity contribution is 6.03. The molecule has 0 spiro atoms. The number of nitrogens with two attached hydrogens (primary N) is 2. The lowest BCUT2D eigenvalue weighted by molar-refractivity contribution is 0.0698. The van der Waals surface area contributed by atoms with Gasteiger partial charge in [0.25, 0.3) is 0 Å². The van der Waals surface area contributed by atoms with Crippen LogP contribution in [0, 0.1) is 6.92 Å². The number of nitrogens with zero attached hydrogens (tertiary/aromatic N) is 1. The first-order valence-electron chi connectivity index (χ1n) is 6.86. The Morgan fingerprint density at radius 1 is 1.30 bits per heavy atom. The molecule has 108 valence electrons. The van der Waals surface area contributed by atoms with Gasteiger partial charge >= 0.3 is 5.97 Å². The van der Waals surface area contributed by atoms with E-state index in [9.17, 15) is 9.90 Å². The Morgan fingerprint density at radius 3 is 2.65 bits per heavy atom. The molecule has 2 rings (SSSR count). The van der Waals surface area contributed by atoms with Crippen LogP contribution in [0.5, 0.6) is 0 Å². The Morgan fingerprint density at radius 2 is 2.05 bits per heavy atom. The number of aromatic carboxylic acids is 1. The molecule has 0 radical (unpaired) electrons. The number of carboxylic acids is 1. The van der Waals surface area contributed by atoms with Crippen LogP contribution in [0.15, 0.2) is 18.2 Å². The molecule has 0 amide bonds. The minimum atomic E-state index is -0.906. The molecule has 20 heavy (non-hydrogen) atoms. The van der Waals surface area contributed by atoms with E-state index in [0.29, 0.717) is 25.2 Å². The molecule has 1 aromatic heterocycles. The number of aryl methyl sites for hydroxylation is 1. The molecule has 5 heteroatoms. The summed E-state index contributed by atoms with van der Waals surface area (Å²) in [4.78, 5) is 11.4. The molecular formula is C15H21N3O2. The van der Waals surface area contributed by atoms with E-state index in [1.807, 2.05) is 17.6 Å². The highest BCUT2D eigenvalue weighted by atomic mass is 16.4. The molecular weight excluding hydrogens is 254 g/mol. The van der Waals surface area contributed by atoms with Gasteiger partial charge in [0.2, 0.25) is 0 Å². The van der Waals surface area contributed by atoms with Crippen LogP contribution in [0.1, 0.15) is 28.0 Å². The van der Waals surface area contributed by atoms with E-state index in [2.05, 4.69) is 0 Å². The van der Waals surface area contributed by atoms with Gasteiger partial charge in [-0.25, -0.2) is 4.79 Å². The van der Waals surface area contributed by atoms with Crippen molar-refractivity contribution in [2.45, 2.75) is 26.3 Å². The van der Waals surface area contributed by atoms with Crippen molar-refractivity contribution in [1.82, 2.24) is 4.57 Å². The zero-order valence-corrected chi connectivity index (χ0v) is 11.7. The number of carboxylic acid groups (broad SMARTS) is 1. The minimum absolute atomic E-state index is 0.332. The van der Waals surface area contributed by atoms with Crippen LogP contribution in [0.4, 0.5) is 0 Å². The lowest BCUT2D eigenvalue weighted by Gasteiger charge is -2.08. The van der Waals surface area contributed by atoms with Crippen molar-refractivity contribution in [2.75, 3.05) is 13.1 Å². The van der Waals surface area contributed by atoms with E-state index >= 15 is 0 Å². The zero-order valence-electron chi connectivity index (χ0n) is 11.7. The number of para-hydroxylation sites is 1. The first-order chi connectivity index (χ1) is 9.61. The largest absolute Gasteiger partial charge is 0.478 e. The van der Waals surface area contributed by atoms with Crippen molar-refractivity contribution < 1.29 is 9.90 Å². The molecule has 0 atom stereocenters. The van der Waals surface area contributed by atoms with Gasteiger partial charge in [-0.05, 0) is 37.9 Å². The molecule has 1 heterocycles. The van der Waals surface area contributed by atoms with Crippen LogP contribution in [0.25, 0.3) is 10.9 Å². The van der Waals surface area contributed by atoms with Gasteiger partial charge in [0, 0.05) is 24.2 Å². The Labute approximate surface area is 118 Å². The smallest absolute Gasteiger partial charge is 0.337 e. The van der Waals surface area contributed by atoms with Crippen LogP contribution < -0.4 is 11.5 Å². The molecule has 0 unspecified atom stereocenters. The third-order valence-corrected chi connectivity index (χ3v) is 3.69. The molecule has 0 aliphatic heterocycles. The van der Waals surface area contributed by atoms with Gasteiger partial charge in [-0.2, -0.15) is 0 Å². The van der Waals surface area contributed by atoms with Crippen LogP contribution in [0.2, 0.25) is 0 Å². The van der Waals surface area contributed by atoms with Crippen LogP contribution in [-0.4, -0.2) is 28.7 Å². The molecule has 0 aliphatic rings. The van der Waals surface area contributed by atoms with Crippen molar-refractivity contribution >= 4 is 16.9 Å². The summed E-state index contributed by atoms with van der Waals surface area (Å²) in [5, 5.41) is 10.4. The fourth-order valence-corrected chi connectivity index (χ4v) is 2.78. The Balaban J connectivity index is 2.72. The van der Waals surface area contributed by atoms with Crippen molar-refractivity contribution in [2.24, 2.45) is 11.5 Å². The number of fused-ring (bicyclic) bond motifs is 1. The molecule has 0 aliphatic carbocycles. The molecule has 0 saturated carbocycles. The maximum atomic E-state index is 11.4. The molecule has 0 saturated heterocycles. The van der Waals surface area contributed by atoms with Crippen LogP contribution >= 0.6 is 0 Å². The highest BCUT2D eigenvalue weighted by Gasteiger charge is 2.18. The summed E-state index contributed by atoms with van der Waals surface area (Å²) in [6.45, 7) is 3.75. The monoisotopic (exact) mass is 275 g/mol. The van der Waals surface area contributed by atoms with E-state index in [0.717, 1.165) is 29.4 Å². The third kappa shape index (κ3) is 2.42. The van der Waals surface area contributed by atoms with E-state index in [-0.39, 0.29) is 0 Å². The molecule has 0 bridgehead atoms. The number of hydrogen-bond acceptors (Lipinski definition) is 3. The Bertz CT molecular complexity index is 632. The van der Waals surface area contributed by atoms with Gasteiger partial charge in [0.15, 0.2) is 0 Å². The summed E-state index contributed by atoms with van der Waals surface area (Å²) in [6.07, 6.45) is 1.75. The highest BCUT2D eigenvalue weighted by Crippen LogP contribution is 2.29. The fourth-order valence-electron chi connectivity index (χ4n) is 2.78. The van der Waals surface area contributed by atoms with E-state index < -0.39 is 5.97 Å². The standard InChI is InChI=1S/C15H21N3O2/c1-10-11(6-3-7-16)12-4-2-5-13(15(19)20)14(12)18(10)9-8-17/h2,4-5H,3,6-9,16-17H2,1H3,(H,19,20). The first kappa shape index (κ1) is 14.6. The quantitative estimate of drug-likeness (QED) is 0.744. The van der Waals surface area contributed by atoms with Gasteiger partial charge in [0.05, 0.1) is 11.1 Å². The summed E-state index contributed by atoms with van der Waals surface area (Å²) in [6, 6.07) is 5.42. The van der Waals surface area contributed by atoms with E-state index in [4.69, 9.17) is 11.5 Å². The van der Waals surface area contributed by atoms with Crippen LogP contribution in [-0.2, 0) is 13.0 Å². The predicted molar refractivity (Wildman–Crippen MR) is 80.1 cm³/mol. The molecule has 2 aromatic rings. The average molecular weight is 275 g/mol. The van der Waals surface area contributed by atoms with Gasteiger partial charge in [0.1, 0.15) is 0 Å². The lowest BCUT2D eigenvalue weighted by atomic mass is 10.0. The maximum absolute atomic E-state index is 11.4. The van der Waals surface area contributed by atoms with E-state index in [1.54, 1.807) is 12.1 Å². The second kappa shape index (κ2) is 6.07. The molecule has 5 nitrogen and oxygen atoms in total. The Kier molecular flexibility index (Phi) is 4.42. The van der Waals surface area contributed by atoms with Gasteiger partial charge in [-0.15, -0.1) is 0 Å². The Hall–Kier alpha value is -1.85. The van der Waals surface area contributed by atoms with Gasteiger partial charge < -0.3 is 21.1 Å². The molecule has 1 aromatic carbocycles. The third-order valence-electron chi connectivity index (χ3n) is 3.69. The number of carbonyl (C=O) groups is 1. The average Bonchev–Trinajstić information content (AvgIpc) is 2.70. The van der Waals surface area contributed by atoms with Crippen molar-refractivity contribution in [3.05, 3.63) is 35.0 Å². The summed E-state index contributed by atoms with van der Waals surface area (Å²) in [7, 11) is 0. The maximum Gasteiger partial charge on any atom is 0.337 e. The number of hydrogen-bond donors (Lipinski definition) is 3. The van der Waals surface area contributed by atoms with E-state index in [1.165, 1.54) is 5.56 Å². The number of aromatic nitrogens is 1. The van der Waals surface area contributed by atoms with Crippen molar-refractivity contribution in [3.8, 4) is 0 Å². The van der Waals surface area contributed by atoms with Gasteiger partial charge in [-0.1, -0.05) is 12.1 Å². The second-order valence-corrected chi connectivity index (χ2v) is 4.90. The van der Waals surface area contributed by atoms with Crippen LogP contribution in [0.3, 0.4) is 0 Å². The summed E-state index contributed by atoms with van der Waals surface area (Å²) in [5.41, 5.74) is 14.6. The second-order valence-electron chi connectivity index (χ2n) is 4.90. The lowest BCUT2D eigenvalue weighted by Crippen LogP contribution is -2.12. The summed E-state index contributed by atoms with van der Waals surface area (Å²) >= 11 is 0. The first-order valence-corrected chi connectivity index (χ1v) is 6.86. The predicted octanol–water partition coefficient (Wildman–Crippen LogP) is 1.50. The topological polar surface area (TPSA) is 94.3 Å². The zero-order chi connectivity index (χ0) is 14.7. The molecule has 5 N–H and O–H groups in total. The normalized spacial score (nSPS) is 11.2. The summed E-state index contributed by atoms with van der Waals surface area (Å²) in [5.74, 6) is -0.906. The minimum Gasteiger partial charge on any atom is -0.478 e. The van der Waals surface area contributed by atoms with Crippen molar-refractivity contribution in [1.29, 1.82) is 0 Å². The molecule has 0 fully saturated rings. The van der Waals surface area contributed by atoms with Gasteiger partial charge in [-0.3, -0.25) is 0 Å². The summed E-state index contributed by atoms with van der Waals surface area (Å²) < 4.78 is 2.02. The number of rotatable bonds is 6.